The molecule has 0 saturated heterocycles. The molecule has 1 atom stereocenters. The van der Waals surface area contributed by atoms with Gasteiger partial charge in [-0.15, -0.1) is 0 Å². The van der Waals surface area contributed by atoms with Gasteiger partial charge in [0.15, 0.2) is 0 Å². The molecule has 0 radical (unpaired) electrons. The Balaban J connectivity index is 2.41. The summed E-state index contributed by atoms with van der Waals surface area (Å²) in [7, 11) is 1.66. The van der Waals surface area contributed by atoms with Gasteiger partial charge in [0, 0.05) is 13.1 Å². The molecule has 5 heteroatoms. The Morgan fingerprint density at radius 2 is 2.07 bits per heavy atom. The Hall–Kier alpha value is -1.26. The molecule has 1 saturated carbocycles. The molecule has 1 aliphatic rings. The number of rotatable bonds is 3. The Morgan fingerprint density at radius 3 is 2.53 bits per heavy atom. The largest absolute Gasteiger partial charge is 0.386 e. The molecule has 2 amide bonds. The Kier molecular flexibility index (Phi) is 3.94. The van der Waals surface area contributed by atoms with E-state index in [1.807, 2.05) is 0 Å². The first-order chi connectivity index (χ1) is 7.02. The molecule has 5 nitrogen and oxygen atoms in total. The summed E-state index contributed by atoms with van der Waals surface area (Å²) in [5, 5.41) is 10.2. The van der Waals surface area contributed by atoms with Crippen LogP contribution in [0.5, 0.6) is 0 Å². The summed E-state index contributed by atoms with van der Waals surface area (Å²) in [5.41, 5.74) is 5.34. The van der Waals surface area contributed by atoms with E-state index in [9.17, 15) is 4.79 Å². The van der Waals surface area contributed by atoms with Crippen molar-refractivity contribution in [1.29, 1.82) is 5.41 Å². The summed E-state index contributed by atoms with van der Waals surface area (Å²) in [6.45, 7) is 1.75. The molecule has 1 rings (SSSR count). The zero-order valence-electron chi connectivity index (χ0n) is 9.42. The van der Waals surface area contributed by atoms with E-state index < -0.39 is 0 Å². The molecular formula is C10H20N4O. The third kappa shape index (κ3) is 3.11. The number of hydrogen-bond acceptors (Lipinski definition) is 2. The van der Waals surface area contributed by atoms with E-state index in [2.05, 4.69) is 5.32 Å². The fourth-order valence-corrected chi connectivity index (χ4v) is 1.73. The fourth-order valence-electron chi connectivity index (χ4n) is 1.73. The first-order valence-corrected chi connectivity index (χ1v) is 5.39. The number of nitrogens with one attached hydrogen (secondary N) is 2. The highest BCUT2D eigenvalue weighted by molar-refractivity contribution is 5.87. The standard InChI is InChI=1S/C10H20N4O/c1-7(9(11)12)14(2)10(15)13-8-5-3-4-6-8/h7-8H,3-6H2,1-2H3,(H3,11,12)(H,13,15). The Morgan fingerprint density at radius 1 is 1.53 bits per heavy atom. The normalized spacial score (nSPS) is 18.5. The average molecular weight is 212 g/mol. The van der Waals surface area contributed by atoms with Gasteiger partial charge in [0.05, 0.1) is 6.04 Å². The van der Waals surface area contributed by atoms with Gasteiger partial charge in [0.1, 0.15) is 5.84 Å². The number of nitrogens with zero attached hydrogens (tertiary/aromatic N) is 1. The van der Waals surface area contributed by atoms with Gasteiger partial charge < -0.3 is 16.0 Å². The summed E-state index contributed by atoms with van der Waals surface area (Å²) < 4.78 is 0. The average Bonchev–Trinajstić information content (AvgIpc) is 2.67. The first-order valence-electron chi connectivity index (χ1n) is 5.39. The monoisotopic (exact) mass is 212 g/mol. The summed E-state index contributed by atoms with van der Waals surface area (Å²) in [5.74, 6) is 0.0130. The van der Waals surface area contributed by atoms with Crippen LogP contribution < -0.4 is 11.1 Å². The van der Waals surface area contributed by atoms with E-state index in [4.69, 9.17) is 11.1 Å². The van der Waals surface area contributed by atoms with E-state index in [1.54, 1.807) is 14.0 Å². The van der Waals surface area contributed by atoms with E-state index in [1.165, 1.54) is 17.7 Å². The number of amides is 2. The molecule has 1 fully saturated rings. The zero-order chi connectivity index (χ0) is 11.4. The summed E-state index contributed by atoms with van der Waals surface area (Å²) in [6, 6.07) is -0.171. The van der Waals surface area contributed by atoms with Crippen LogP contribution in [0.2, 0.25) is 0 Å². The molecule has 0 bridgehead atoms. The minimum Gasteiger partial charge on any atom is -0.386 e. The number of nitrogens with two attached hydrogens (primary N) is 1. The Labute approximate surface area is 90.5 Å². The number of likely N-dealkylation sites (N-methyl/N-ethyl adjacent to an activating group) is 1. The van der Waals surface area contributed by atoms with E-state index in [0.717, 1.165) is 12.8 Å². The molecule has 0 aromatic heterocycles. The minimum absolute atomic E-state index is 0.0130. The van der Waals surface area contributed by atoms with Crippen LogP contribution in [0.25, 0.3) is 0 Å². The first kappa shape index (κ1) is 11.8. The van der Waals surface area contributed by atoms with Crippen LogP contribution in [0.4, 0.5) is 4.79 Å². The van der Waals surface area contributed by atoms with Crippen LogP contribution in [0.15, 0.2) is 0 Å². The van der Waals surface area contributed by atoms with Crippen molar-refractivity contribution in [2.45, 2.75) is 44.7 Å². The van der Waals surface area contributed by atoms with Gasteiger partial charge in [-0.2, -0.15) is 0 Å². The lowest BCUT2D eigenvalue weighted by Gasteiger charge is -2.25. The maximum atomic E-state index is 11.7. The van der Waals surface area contributed by atoms with Crippen molar-refractivity contribution in [1.82, 2.24) is 10.2 Å². The second-order valence-electron chi connectivity index (χ2n) is 4.17. The maximum absolute atomic E-state index is 11.7. The lowest BCUT2D eigenvalue weighted by Crippen LogP contribution is -2.49. The molecule has 0 spiro atoms. The van der Waals surface area contributed by atoms with Crippen molar-refractivity contribution < 1.29 is 4.79 Å². The molecule has 0 aromatic carbocycles. The van der Waals surface area contributed by atoms with E-state index >= 15 is 0 Å². The fraction of sp³-hybridized carbons (Fsp3) is 0.800. The van der Waals surface area contributed by atoms with Crippen molar-refractivity contribution in [2.75, 3.05) is 7.05 Å². The second-order valence-corrected chi connectivity index (χ2v) is 4.17. The third-order valence-corrected chi connectivity index (χ3v) is 3.03. The van der Waals surface area contributed by atoms with E-state index in [0.29, 0.717) is 6.04 Å². The number of carbonyl (C=O) groups excluding carboxylic acids is 1. The summed E-state index contributed by atoms with van der Waals surface area (Å²) in [6.07, 6.45) is 4.51. The number of amidine groups is 1. The molecule has 0 heterocycles. The molecule has 15 heavy (non-hydrogen) atoms. The molecular weight excluding hydrogens is 192 g/mol. The molecule has 4 N–H and O–H groups in total. The second kappa shape index (κ2) is 5.00. The minimum atomic E-state index is -0.341. The van der Waals surface area contributed by atoms with Crippen LogP contribution in [0.3, 0.4) is 0 Å². The van der Waals surface area contributed by atoms with Gasteiger partial charge in [0.25, 0.3) is 0 Å². The SMILES string of the molecule is CC(C(=N)N)N(C)C(=O)NC1CCCC1. The van der Waals surface area contributed by atoms with Crippen molar-refractivity contribution >= 4 is 11.9 Å². The molecule has 1 aliphatic carbocycles. The van der Waals surface area contributed by atoms with Gasteiger partial charge in [-0.25, -0.2) is 4.79 Å². The van der Waals surface area contributed by atoms with E-state index in [-0.39, 0.29) is 17.9 Å². The molecule has 1 unspecified atom stereocenters. The highest BCUT2D eigenvalue weighted by Gasteiger charge is 2.22. The predicted octanol–water partition coefficient (Wildman–Crippen LogP) is 0.895. The van der Waals surface area contributed by atoms with Crippen LogP contribution >= 0.6 is 0 Å². The smallest absolute Gasteiger partial charge is 0.317 e. The van der Waals surface area contributed by atoms with Gasteiger partial charge in [-0.3, -0.25) is 5.41 Å². The van der Waals surface area contributed by atoms with Crippen LogP contribution in [-0.2, 0) is 0 Å². The van der Waals surface area contributed by atoms with Crippen LogP contribution in [0, 0.1) is 5.41 Å². The molecule has 86 valence electrons. The van der Waals surface area contributed by atoms with Crippen molar-refractivity contribution in [3.05, 3.63) is 0 Å². The highest BCUT2D eigenvalue weighted by Crippen LogP contribution is 2.17. The third-order valence-electron chi connectivity index (χ3n) is 3.03. The van der Waals surface area contributed by atoms with Gasteiger partial charge in [-0.1, -0.05) is 12.8 Å². The topological polar surface area (TPSA) is 82.2 Å². The van der Waals surface area contributed by atoms with Gasteiger partial charge in [-0.05, 0) is 19.8 Å². The predicted molar refractivity (Wildman–Crippen MR) is 59.9 cm³/mol. The van der Waals surface area contributed by atoms with Crippen molar-refractivity contribution in [2.24, 2.45) is 5.73 Å². The van der Waals surface area contributed by atoms with Gasteiger partial charge in [0.2, 0.25) is 0 Å². The number of carbonyl (C=O) groups is 1. The van der Waals surface area contributed by atoms with Crippen molar-refractivity contribution in [3.8, 4) is 0 Å². The maximum Gasteiger partial charge on any atom is 0.317 e. The summed E-state index contributed by atoms with van der Waals surface area (Å²) in [4.78, 5) is 13.2. The lowest BCUT2D eigenvalue weighted by atomic mass is 10.2. The zero-order valence-corrected chi connectivity index (χ0v) is 9.42. The highest BCUT2D eigenvalue weighted by atomic mass is 16.2. The quantitative estimate of drug-likeness (QED) is 0.479. The van der Waals surface area contributed by atoms with Crippen LogP contribution in [-0.4, -0.2) is 35.9 Å². The van der Waals surface area contributed by atoms with Crippen LogP contribution in [0.1, 0.15) is 32.6 Å². The lowest BCUT2D eigenvalue weighted by molar-refractivity contribution is 0.200. The van der Waals surface area contributed by atoms with Crippen molar-refractivity contribution in [3.63, 3.8) is 0 Å². The molecule has 0 aromatic rings. The van der Waals surface area contributed by atoms with Gasteiger partial charge >= 0.3 is 6.03 Å². The Bertz CT molecular complexity index is 248. The number of urea groups is 1. The molecule has 0 aliphatic heterocycles. The number of hydrogen-bond donors (Lipinski definition) is 3. The summed E-state index contributed by atoms with van der Waals surface area (Å²) >= 11 is 0.